The molecule has 0 radical (unpaired) electrons. The average molecular weight is 198 g/mol. The van der Waals surface area contributed by atoms with Crippen molar-refractivity contribution in [2.45, 2.75) is 32.4 Å². The lowest BCUT2D eigenvalue weighted by atomic mass is 10.2. The van der Waals surface area contributed by atoms with Crippen LogP contribution in [-0.2, 0) is 9.53 Å². The number of carbonyl (C=O) groups excluding carboxylic acids is 1. The Morgan fingerprint density at radius 3 is 2.79 bits per heavy atom. The normalized spacial score (nSPS) is 35.0. The Kier molecular flexibility index (Phi) is 2.49. The minimum Gasteiger partial charge on any atom is -0.378 e. The van der Waals surface area contributed by atoms with Gasteiger partial charge in [-0.15, -0.1) is 0 Å². The van der Waals surface area contributed by atoms with E-state index < -0.39 is 0 Å². The Morgan fingerprint density at radius 2 is 2.29 bits per heavy atom. The molecule has 2 atom stereocenters. The molecule has 1 saturated heterocycles. The Balaban J connectivity index is 1.78. The minimum atomic E-state index is -0.153. The molecule has 2 rings (SSSR count). The van der Waals surface area contributed by atoms with Crippen molar-refractivity contribution in [2.75, 3.05) is 19.8 Å². The molecule has 1 heterocycles. The van der Waals surface area contributed by atoms with Crippen molar-refractivity contribution >= 4 is 5.91 Å². The highest BCUT2D eigenvalue weighted by Gasteiger charge is 2.47. The molecule has 0 spiro atoms. The van der Waals surface area contributed by atoms with Crippen LogP contribution in [0.1, 0.15) is 20.3 Å². The quantitative estimate of drug-likeness (QED) is 0.651. The van der Waals surface area contributed by atoms with Gasteiger partial charge in [-0.05, 0) is 11.8 Å². The third kappa shape index (κ3) is 2.07. The topological polar surface area (TPSA) is 50.4 Å². The van der Waals surface area contributed by atoms with Crippen LogP contribution in [-0.4, -0.2) is 37.7 Å². The highest BCUT2D eigenvalue weighted by molar-refractivity contribution is 5.82. The van der Waals surface area contributed by atoms with Crippen LogP contribution in [0, 0.1) is 5.41 Å². The summed E-state index contributed by atoms with van der Waals surface area (Å²) < 4.78 is 5.23. The number of nitrogens with one attached hydrogen (secondary N) is 2. The van der Waals surface area contributed by atoms with Crippen molar-refractivity contribution in [3.8, 4) is 0 Å². The van der Waals surface area contributed by atoms with Crippen LogP contribution < -0.4 is 10.6 Å². The first-order chi connectivity index (χ1) is 6.59. The van der Waals surface area contributed by atoms with Gasteiger partial charge in [-0.1, -0.05) is 13.8 Å². The maximum Gasteiger partial charge on any atom is 0.239 e. The maximum absolute atomic E-state index is 11.7. The number of morpholine rings is 1. The molecule has 2 N–H and O–H groups in total. The van der Waals surface area contributed by atoms with E-state index in [4.69, 9.17) is 4.74 Å². The van der Waals surface area contributed by atoms with Crippen molar-refractivity contribution in [1.82, 2.24) is 10.6 Å². The lowest BCUT2D eigenvalue weighted by molar-refractivity contribution is -0.126. The zero-order chi connectivity index (χ0) is 10.2. The molecule has 2 aliphatic rings. The summed E-state index contributed by atoms with van der Waals surface area (Å²) in [5.74, 6) is 0.0836. The third-order valence-electron chi connectivity index (χ3n) is 3.07. The van der Waals surface area contributed by atoms with Crippen molar-refractivity contribution in [2.24, 2.45) is 5.41 Å². The van der Waals surface area contributed by atoms with Gasteiger partial charge in [0.05, 0.1) is 13.2 Å². The second-order valence-electron chi connectivity index (χ2n) is 4.84. The summed E-state index contributed by atoms with van der Waals surface area (Å²) in [4.78, 5) is 11.7. The fraction of sp³-hybridized carbons (Fsp3) is 0.900. The van der Waals surface area contributed by atoms with Gasteiger partial charge in [0, 0.05) is 12.6 Å². The number of carbonyl (C=O) groups is 1. The molecule has 80 valence electrons. The zero-order valence-corrected chi connectivity index (χ0v) is 8.80. The molecule has 2 unspecified atom stereocenters. The molecular weight excluding hydrogens is 180 g/mol. The van der Waals surface area contributed by atoms with Gasteiger partial charge >= 0.3 is 0 Å². The van der Waals surface area contributed by atoms with Crippen molar-refractivity contribution in [3.63, 3.8) is 0 Å². The van der Waals surface area contributed by atoms with E-state index in [2.05, 4.69) is 24.5 Å². The smallest absolute Gasteiger partial charge is 0.239 e. The van der Waals surface area contributed by atoms with Gasteiger partial charge in [0.15, 0.2) is 0 Å². The number of ether oxygens (including phenoxy) is 1. The fourth-order valence-electron chi connectivity index (χ4n) is 1.72. The predicted octanol–water partition coefficient (Wildman–Crippen LogP) is -0.110. The molecule has 4 heteroatoms. The first-order valence-electron chi connectivity index (χ1n) is 5.21. The van der Waals surface area contributed by atoms with Gasteiger partial charge in [-0.3, -0.25) is 4.79 Å². The van der Waals surface area contributed by atoms with Crippen LogP contribution in [0.25, 0.3) is 0 Å². The third-order valence-corrected chi connectivity index (χ3v) is 3.07. The lowest BCUT2D eigenvalue weighted by Gasteiger charge is -2.23. The van der Waals surface area contributed by atoms with Crippen molar-refractivity contribution < 1.29 is 9.53 Å². The van der Waals surface area contributed by atoms with Crippen LogP contribution in [0.2, 0.25) is 0 Å². The molecule has 2 fully saturated rings. The molecule has 0 aromatic heterocycles. The Morgan fingerprint density at radius 1 is 1.57 bits per heavy atom. The monoisotopic (exact) mass is 198 g/mol. The van der Waals surface area contributed by atoms with E-state index in [1.165, 1.54) is 0 Å². The minimum absolute atomic E-state index is 0.0836. The highest BCUT2D eigenvalue weighted by atomic mass is 16.5. The molecule has 0 aromatic rings. The summed E-state index contributed by atoms with van der Waals surface area (Å²) in [6.45, 7) is 6.31. The molecule has 1 aliphatic heterocycles. The predicted molar refractivity (Wildman–Crippen MR) is 52.9 cm³/mol. The van der Waals surface area contributed by atoms with Crippen LogP contribution in [0.4, 0.5) is 0 Å². The molecule has 0 aromatic carbocycles. The molecule has 1 saturated carbocycles. The van der Waals surface area contributed by atoms with Crippen LogP contribution in [0.15, 0.2) is 0 Å². The standard InChI is InChI=1S/C10H18N2O2/c1-10(2)5-8(10)12-9(13)7-6-14-4-3-11-7/h7-8,11H,3-6H2,1-2H3,(H,12,13). The maximum atomic E-state index is 11.7. The van der Waals surface area contributed by atoms with E-state index in [0.717, 1.165) is 13.0 Å². The average Bonchev–Trinajstić information content (AvgIpc) is 2.75. The van der Waals surface area contributed by atoms with E-state index >= 15 is 0 Å². The Bertz CT molecular complexity index is 234. The summed E-state index contributed by atoms with van der Waals surface area (Å²) in [7, 11) is 0. The molecular formula is C10H18N2O2. The number of hydrogen-bond donors (Lipinski definition) is 2. The van der Waals surface area contributed by atoms with E-state index in [1.54, 1.807) is 0 Å². The van der Waals surface area contributed by atoms with E-state index in [1.807, 2.05) is 0 Å². The second-order valence-corrected chi connectivity index (χ2v) is 4.84. The van der Waals surface area contributed by atoms with Gasteiger partial charge in [-0.25, -0.2) is 0 Å². The largest absolute Gasteiger partial charge is 0.378 e. The highest BCUT2D eigenvalue weighted by Crippen LogP contribution is 2.44. The van der Waals surface area contributed by atoms with Crippen LogP contribution in [0.3, 0.4) is 0 Å². The molecule has 0 bridgehead atoms. The Hall–Kier alpha value is -0.610. The van der Waals surface area contributed by atoms with Gasteiger partial charge in [-0.2, -0.15) is 0 Å². The fourth-order valence-corrected chi connectivity index (χ4v) is 1.72. The van der Waals surface area contributed by atoms with E-state index in [0.29, 0.717) is 24.7 Å². The first kappa shape index (κ1) is 9.93. The Labute approximate surface area is 84.4 Å². The van der Waals surface area contributed by atoms with Gasteiger partial charge in [0.2, 0.25) is 5.91 Å². The summed E-state index contributed by atoms with van der Waals surface area (Å²) >= 11 is 0. The summed E-state index contributed by atoms with van der Waals surface area (Å²) in [6, 6.07) is 0.207. The van der Waals surface area contributed by atoms with Gasteiger partial charge in [0.1, 0.15) is 6.04 Å². The first-order valence-corrected chi connectivity index (χ1v) is 5.21. The van der Waals surface area contributed by atoms with Crippen molar-refractivity contribution in [3.05, 3.63) is 0 Å². The molecule has 4 nitrogen and oxygen atoms in total. The molecule has 1 amide bonds. The number of hydrogen-bond acceptors (Lipinski definition) is 3. The van der Waals surface area contributed by atoms with Gasteiger partial charge in [0.25, 0.3) is 0 Å². The van der Waals surface area contributed by atoms with Gasteiger partial charge < -0.3 is 15.4 Å². The summed E-state index contributed by atoms with van der Waals surface area (Å²) in [6.07, 6.45) is 1.09. The number of amides is 1. The van der Waals surface area contributed by atoms with Crippen LogP contribution >= 0.6 is 0 Å². The zero-order valence-electron chi connectivity index (χ0n) is 8.80. The molecule has 14 heavy (non-hydrogen) atoms. The van der Waals surface area contributed by atoms with Crippen LogP contribution in [0.5, 0.6) is 0 Å². The number of rotatable bonds is 2. The van der Waals surface area contributed by atoms with E-state index in [9.17, 15) is 4.79 Å². The second kappa shape index (κ2) is 3.51. The summed E-state index contributed by atoms with van der Waals surface area (Å²) in [5.41, 5.74) is 0.297. The van der Waals surface area contributed by atoms with Crippen molar-refractivity contribution in [1.29, 1.82) is 0 Å². The lowest BCUT2D eigenvalue weighted by Crippen LogP contribution is -2.52. The summed E-state index contributed by atoms with van der Waals surface area (Å²) in [5, 5.41) is 6.17. The SMILES string of the molecule is CC1(C)CC1NC(=O)C1COCCN1. The van der Waals surface area contributed by atoms with E-state index in [-0.39, 0.29) is 11.9 Å². The molecule has 1 aliphatic carbocycles.